The number of nitro groups is 1. The third-order valence-electron chi connectivity index (χ3n) is 3.55. The first-order valence-corrected chi connectivity index (χ1v) is 6.37. The van der Waals surface area contributed by atoms with Gasteiger partial charge >= 0.3 is 5.69 Å². The molecule has 1 unspecified atom stereocenters. The minimum absolute atomic E-state index is 0.0228. The molecule has 1 aromatic rings. The Morgan fingerprint density at radius 3 is 2.95 bits per heavy atom. The average Bonchev–Trinajstić information content (AvgIpc) is 2.86. The van der Waals surface area contributed by atoms with Crippen LogP contribution in [0.1, 0.15) is 12.0 Å². The lowest BCUT2D eigenvalue weighted by molar-refractivity contribution is -0.385. The minimum atomic E-state index is -0.408. The zero-order chi connectivity index (χ0) is 13.8. The van der Waals surface area contributed by atoms with Crippen LogP contribution < -0.4 is 10.5 Å². The number of methoxy groups -OCH3 is 1. The Kier molecular flexibility index (Phi) is 4.34. The summed E-state index contributed by atoms with van der Waals surface area (Å²) >= 11 is 0. The smallest absolute Gasteiger partial charge is 0.311 e. The van der Waals surface area contributed by atoms with E-state index in [4.69, 9.17) is 10.5 Å². The molecule has 0 saturated carbocycles. The number of nitrogens with zero attached hydrogens (tertiary/aromatic N) is 2. The second-order valence-electron chi connectivity index (χ2n) is 4.89. The molecule has 104 valence electrons. The molecule has 1 heterocycles. The van der Waals surface area contributed by atoms with Crippen LogP contribution in [-0.2, 0) is 6.54 Å². The van der Waals surface area contributed by atoms with E-state index in [2.05, 4.69) is 4.90 Å². The van der Waals surface area contributed by atoms with Gasteiger partial charge in [0, 0.05) is 19.2 Å². The molecule has 2 rings (SSSR count). The van der Waals surface area contributed by atoms with Crippen LogP contribution in [-0.4, -0.2) is 36.6 Å². The van der Waals surface area contributed by atoms with Crippen molar-refractivity contribution in [3.05, 3.63) is 33.9 Å². The Hall–Kier alpha value is -1.66. The van der Waals surface area contributed by atoms with Gasteiger partial charge in [-0.15, -0.1) is 0 Å². The standard InChI is InChI=1S/C13H19N3O3/c1-19-13-3-2-10(6-12(13)16(17)18)8-15-5-4-11(7-14)9-15/h2-3,6,11H,4-5,7-9,14H2,1H3. The number of ether oxygens (including phenoxy) is 1. The third-order valence-corrected chi connectivity index (χ3v) is 3.55. The predicted octanol–water partition coefficient (Wildman–Crippen LogP) is 1.38. The Bertz CT molecular complexity index is 464. The molecule has 6 heteroatoms. The fraction of sp³-hybridized carbons (Fsp3) is 0.538. The van der Waals surface area contributed by atoms with E-state index < -0.39 is 4.92 Å². The Balaban J connectivity index is 2.09. The summed E-state index contributed by atoms with van der Waals surface area (Å²) in [7, 11) is 1.44. The Morgan fingerprint density at radius 1 is 1.58 bits per heavy atom. The van der Waals surface area contributed by atoms with Gasteiger partial charge in [-0.2, -0.15) is 0 Å². The molecular weight excluding hydrogens is 246 g/mol. The van der Waals surface area contributed by atoms with Crippen molar-refractivity contribution in [1.29, 1.82) is 0 Å². The molecule has 0 bridgehead atoms. The number of nitrogens with two attached hydrogens (primary N) is 1. The first kappa shape index (κ1) is 13.8. The van der Waals surface area contributed by atoms with Crippen molar-refractivity contribution < 1.29 is 9.66 Å². The molecule has 1 atom stereocenters. The van der Waals surface area contributed by atoms with Gasteiger partial charge in [0.15, 0.2) is 5.75 Å². The summed E-state index contributed by atoms with van der Waals surface area (Å²) < 4.78 is 4.99. The van der Waals surface area contributed by atoms with Crippen LogP contribution in [0.4, 0.5) is 5.69 Å². The average molecular weight is 265 g/mol. The fourth-order valence-electron chi connectivity index (χ4n) is 2.48. The molecule has 0 aliphatic carbocycles. The molecule has 1 aliphatic heterocycles. The summed E-state index contributed by atoms with van der Waals surface area (Å²) in [5.74, 6) is 0.850. The van der Waals surface area contributed by atoms with Gasteiger partial charge in [0.05, 0.1) is 12.0 Å². The molecule has 0 spiro atoms. The van der Waals surface area contributed by atoms with Crippen molar-refractivity contribution in [2.75, 3.05) is 26.7 Å². The molecule has 2 N–H and O–H groups in total. The van der Waals surface area contributed by atoms with Crippen molar-refractivity contribution in [3.8, 4) is 5.75 Å². The van der Waals surface area contributed by atoms with Crippen LogP contribution in [0.5, 0.6) is 5.75 Å². The molecule has 19 heavy (non-hydrogen) atoms. The minimum Gasteiger partial charge on any atom is -0.490 e. The second kappa shape index (κ2) is 5.99. The number of hydrogen-bond donors (Lipinski definition) is 1. The quantitative estimate of drug-likeness (QED) is 0.642. The van der Waals surface area contributed by atoms with E-state index in [0.717, 1.165) is 31.6 Å². The highest BCUT2D eigenvalue weighted by molar-refractivity contribution is 5.48. The van der Waals surface area contributed by atoms with Gasteiger partial charge in [0.1, 0.15) is 0 Å². The first-order valence-electron chi connectivity index (χ1n) is 6.37. The van der Waals surface area contributed by atoms with Gasteiger partial charge in [-0.05, 0) is 37.1 Å². The highest BCUT2D eigenvalue weighted by Gasteiger charge is 2.22. The highest BCUT2D eigenvalue weighted by atomic mass is 16.6. The Labute approximate surface area is 112 Å². The zero-order valence-corrected chi connectivity index (χ0v) is 11.0. The van der Waals surface area contributed by atoms with Crippen molar-refractivity contribution >= 4 is 5.69 Å². The molecule has 1 saturated heterocycles. The normalized spacial score (nSPS) is 19.6. The molecule has 0 amide bonds. The third kappa shape index (κ3) is 3.21. The zero-order valence-electron chi connectivity index (χ0n) is 11.0. The summed E-state index contributed by atoms with van der Waals surface area (Å²) in [6.07, 6.45) is 1.11. The maximum Gasteiger partial charge on any atom is 0.311 e. The fourth-order valence-corrected chi connectivity index (χ4v) is 2.48. The van der Waals surface area contributed by atoms with Crippen molar-refractivity contribution in [1.82, 2.24) is 4.90 Å². The maximum atomic E-state index is 11.0. The van der Waals surface area contributed by atoms with E-state index in [1.165, 1.54) is 7.11 Å². The summed E-state index contributed by atoms with van der Waals surface area (Å²) in [5, 5.41) is 11.0. The lowest BCUT2D eigenvalue weighted by atomic mass is 10.1. The number of nitro benzene ring substituents is 1. The van der Waals surface area contributed by atoms with Crippen LogP contribution in [0.3, 0.4) is 0 Å². The number of hydrogen-bond acceptors (Lipinski definition) is 5. The molecule has 1 aliphatic rings. The van der Waals surface area contributed by atoms with Crippen LogP contribution in [0.2, 0.25) is 0 Å². The van der Waals surface area contributed by atoms with Gasteiger partial charge in [0.2, 0.25) is 0 Å². The molecule has 0 radical (unpaired) electrons. The van der Waals surface area contributed by atoms with Gasteiger partial charge in [0.25, 0.3) is 0 Å². The molecule has 1 fully saturated rings. The van der Waals surface area contributed by atoms with Crippen LogP contribution in [0.25, 0.3) is 0 Å². The summed E-state index contributed by atoms with van der Waals surface area (Å²) in [5.41, 5.74) is 6.62. The maximum absolute atomic E-state index is 11.0. The Morgan fingerprint density at radius 2 is 2.37 bits per heavy atom. The molecule has 6 nitrogen and oxygen atoms in total. The van der Waals surface area contributed by atoms with Gasteiger partial charge in [-0.3, -0.25) is 15.0 Å². The molecule has 0 aromatic heterocycles. The van der Waals surface area contributed by atoms with E-state index in [1.54, 1.807) is 12.1 Å². The monoisotopic (exact) mass is 265 g/mol. The van der Waals surface area contributed by atoms with Gasteiger partial charge < -0.3 is 10.5 Å². The first-order chi connectivity index (χ1) is 9.13. The van der Waals surface area contributed by atoms with Crippen molar-refractivity contribution in [3.63, 3.8) is 0 Å². The summed E-state index contributed by atoms with van der Waals surface area (Å²) in [4.78, 5) is 12.8. The van der Waals surface area contributed by atoms with E-state index in [9.17, 15) is 10.1 Å². The van der Waals surface area contributed by atoms with E-state index >= 15 is 0 Å². The largest absolute Gasteiger partial charge is 0.490 e. The molecular formula is C13H19N3O3. The van der Waals surface area contributed by atoms with Crippen LogP contribution >= 0.6 is 0 Å². The number of likely N-dealkylation sites (tertiary alicyclic amines) is 1. The topological polar surface area (TPSA) is 81.6 Å². The lowest BCUT2D eigenvalue weighted by Gasteiger charge is -2.15. The number of benzene rings is 1. The summed E-state index contributed by atoms with van der Waals surface area (Å²) in [6, 6.07) is 5.13. The van der Waals surface area contributed by atoms with Crippen LogP contribution in [0.15, 0.2) is 18.2 Å². The number of rotatable bonds is 5. The molecule has 1 aromatic carbocycles. The van der Waals surface area contributed by atoms with Crippen molar-refractivity contribution in [2.45, 2.75) is 13.0 Å². The van der Waals surface area contributed by atoms with Crippen molar-refractivity contribution in [2.24, 2.45) is 11.7 Å². The van der Waals surface area contributed by atoms with Gasteiger partial charge in [-0.25, -0.2) is 0 Å². The van der Waals surface area contributed by atoms with E-state index in [1.807, 2.05) is 6.07 Å². The van der Waals surface area contributed by atoms with E-state index in [-0.39, 0.29) is 5.69 Å². The summed E-state index contributed by atoms with van der Waals surface area (Å²) in [6.45, 7) is 3.40. The SMILES string of the molecule is COc1ccc(CN2CCC(CN)C2)cc1[N+](=O)[O-]. The second-order valence-corrected chi connectivity index (χ2v) is 4.89. The predicted molar refractivity (Wildman–Crippen MR) is 72.1 cm³/mol. The highest BCUT2D eigenvalue weighted by Crippen LogP contribution is 2.28. The van der Waals surface area contributed by atoms with Crippen LogP contribution in [0, 0.1) is 16.0 Å². The van der Waals surface area contributed by atoms with E-state index in [0.29, 0.717) is 18.2 Å². The van der Waals surface area contributed by atoms with Gasteiger partial charge in [-0.1, -0.05) is 6.07 Å². The lowest BCUT2D eigenvalue weighted by Crippen LogP contribution is -2.22.